The first-order chi connectivity index (χ1) is 15.0. The van der Waals surface area contributed by atoms with E-state index in [2.05, 4.69) is 20.6 Å². The highest BCUT2D eigenvalue weighted by molar-refractivity contribution is 6.31. The van der Waals surface area contributed by atoms with Crippen LogP contribution in [-0.2, 0) is 30.7 Å². The van der Waals surface area contributed by atoms with Crippen molar-refractivity contribution in [1.82, 2.24) is 24.8 Å². The fourth-order valence-corrected chi connectivity index (χ4v) is 3.55. The van der Waals surface area contributed by atoms with Crippen LogP contribution in [-0.4, -0.2) is 51.1 Å². The molecule has 3 aromatic rings. The number of hydrogen-bond acceptors (Lipinski definition) is 6. The number of halogens is 2. The quantitative estimate of drug-likeness (QED) is 0.619. The lowest BCUT2D eigenvalue weighted by molar-refractivity contribution is 0.109. The molecule has 1 aliphatic heterocycles. The van der Waals surface area contributed by atoms with Gasteiger partial charge in [0.25, 0.3) is 5.89 Å². The molecule has 2 amide bonds. The standard InChI is InChI=1S/C20H22ClFN6O3/c1-3-28-15-8-10-30-11-12(15)18(25-28)19-24-16(26-31-19)7-9-27(2)20(29)23-14-6-4-5-13(21)17(14)22/h4-6H,3,7-11H2,1-2H3,(H,23,29). The molecule has 1 aliphatic rings. The number of aryl methyl sites for hydroxylation is 1. The van der Waals surface area contributed by atoms with Gasteiger partial charge in [0, 0.05) is 44.2 Å². The minimum atomic E-state index is -0.674. The number of aromatic nitrogens is 4. The highest BCUT2D eigenvalue weighted by Crippen LogP contribution is 2.28. The number of benzene rings is 1. The summed E-state index contributed by atoms with van der Waals surface area (Å²) in [6.45, 7) is 4.21. The lowest BCUT2D eigenvalue weighted by atomic mass is 10.1. The Balaban J connectivity index is 1.40. The number of amides is 2. The van der Waals surface area contributed by atoms with E-state index in [-0.39, 0.29) is 10.7 Å². The highest BCUT2D eigenvalue weighted by atomic mass is 35.5. The lowest BCUT2D eigenvalue weighted by Gasteiger charge is -2.17. The number of anilines is 1. The van der Waals surface area contributed by atoms with Gasteiger partial charge in [0.15, 0.2) is 17.3 Å². The number of likely N-dealkylation sites (N-methyl/N-ethyl adjacent to an activating group) is 1. The van der Waals surface area contributed by atoms with Crippen LogP contribution < -0.4 is 5.32 Å². The molecule has 0 aliphatic carbocycles. The van der Waals surface area contributed by atoms with E-state index in [0.29, 0.717) is 43.6 Å². The number of rotatable bonds is 6. The third-order valence-corrected chi connectivity index (χ3v) is 5.37. The molecule has 1 aromatic carbocycles. The Bertz CT molecular complexity index is 1100. The van der Waals surface area contributed by atoms with E-state index in [1.54, 1.807) is 13.1 Å². The fraction of sp³-hybridized carbons (Fsp3) is 0.400. The van der Waals surface area contributed by atoms with Gasteiger partial charge in [-0.1, -0.05) is 22.8 Å². The van der Waals surface area contributed by atoms with Gasteiger partial charge >= 0.3 is 6.03 Å². The van der Waals surface area contributed by atoms with Crippen molar-refractivity contribution in [2.24, 2.45) is 0 Å². The molecule has 0 atom stereocenters. The Morgan fingerprint density at radius 2 is 2.26 bits per heavy atom. The zero-order valence-electron chi connectivity index (χ0n) is 17.2. The first kappa shape index (κ1) is 21.3. The summed E-state index contributed by atoms with van der Waals surface area (Å²) in [5.74, 6) is 0.102. The number of fused-ring (bicyclic) bond motifs is 1. The van der Waals surface area contributed by atoms with E-state index in [9.17, 15) is 9.18 Å². The van der Waals surface area contributed by atoms with Gasteiger partial charge in [-0.15, -0.1) is 0 Å². The number of nitrogens with one attached hydrogen (secondary N) is 1. The molecule has 0 unspecified atom stereocenters. The third-order valence-electron chi connectivity index (χ3n) is 5.08. The van der Waals surface area contributed by atoms with Crippen molar-refractivity contribution >= 4 is 23.3 Å². The normalized spacial score (nSPS) is 13.2. The molecule has 164 valence electrons. The van der Waals surface area contributed by atoms with Crippen molar-refractivity contribution in [3.05, 3.63) is 46.1 Å². The maximum absolute atomic E-state index is 14.0. The Morgan fingerprint density at radius 3 is 3.06 bits per heavy atom. The molecule has 4 rings (SSSR count). The van der Waals surface area contributed by atoms with Crippen LogP contribution in [0.1, 0.15) is 24.0 Å². The number of urea groups is 1. The van der Waals surface area contributed by atoms with Crippen LogP contribution in [0, 0.1) is 5.82 Å². The lowest BCUT2D eigenvalue weighted by Crippen LogP contribution is -2.33. The van der Waals surface area contributed by atoms with Crippen molar-refractivity contribution in [2.45, 2.75) is 32.9 Å². The summed E-state index contributed by atoms with van der Waals surface area (Å²) in [5.41, 5.74) is 2.76. The van der Waals surface area contributed by atoms with Crippen molar-refractivity contribution in [2.75, 3.05) is 25.5 Å². The Morgan fingerprint density at radius 1 is 1.42 bits per heavy atom. The molecule has 0 saturated carbocycles. The maximum atomic E-state index is 14.0. The smallest absolute Gasteiger partial charge is 0.321 e. The van der Waals surface area contributed by atoms with Crippen LogP contribution in [0.5, 0.6) is 0 Å². The van der Waals surface area contributed by atoms with Crippen LogP contribution in [0.15, 0.2) is 22.7 Å². The van der Waals surface area contributed by atoms with E-state index in [0.717, 1.165) is 24.2 Å². The van der Waals surface area contributed by atoms with Crippen molar-refractivity contribution < 1.29 is 18.4 Å². The van der Waals surface area contributed by atoms with Crippen molar-refractivity contribution in [1.29, 1.82) is 0 Å². The molecule has 0 fully saturated rings. The average molecular weight is 449 g/mol. The monoisotopic (exact) mass is 448 g/mol. The van der Waals surface area contributed by atoms with Gasteiger partial charge < -0.3 is 19.5 Å². The van der Waals surface area contributed by atoms with Gasteiger partial charge in [0.2, 0.25) is 0 Å². The van der Waals surface area contributed by atoms with E-state index >= 15 is 0 Å². The summed E-state index contributed by atoms with van der Waals surface area (Å²) in [7, 11) is 1.59. The number of carbonyl (C=O) groups excluding carboxylic acids is 1. The van der Waals surface area contributed by atoms with E-state index in [1.165, 1.54) is 17.0 Å². The highest BCUT2D eigenvalue weighted by Gasteiger charge is 2.25. The largest absolute Gasteiger partial charge is 0.376 e. The molecule has 3 heterocycles. The van der Waals surface area contributed by atoms with Crippen LogP contribution in [0.2, 0.25) is 5.02 Å². The predicted octanol–water partition coefficient (Wildman–Crippen LogP) is 3.52. The summed E-state index contributed by atoms with van der Waals surface area (Å²) in [6, 6.07) is 3.94. The van der Waals surface area contributed by atoms with E-state index in [4.69, 9.17) is 20.9 Å². The number of ether oxygens (including phenoxy) is 1. The van der Waals surface area contributed by atoms with Crippen molar-refractivity contribution in [3.63, 3.8) is 0 Å². The molecule has 2 aromatic heterocycles. The molecule has 0 bridgehead atoms. The maximum Gasteiger partial charge on any atom is 0.321 e. The summed E-state index contributed by atoms with van der Waals surface area (Å²) in [4.78, 5) is 18.2. The Hall–Kier alpha value is -2.98. The summed E-state index contributed by atoms with van der Waals surface area (Å²) >= 11 is 5.74. The summed E-state index contributed by atoms with van der Waals surface area (Å²) < 4.78 is 26.9. The Labute approximate surface area is 183 Å². The average Bonchev–Trinajstić information content (AvgIpc) is 3.39. The third kappa shape index (κ3) is 4.40. The fourth-order valence-electron chi connectivity index (χ4n) is 3.37. The van der Waals surface area contributed by atoms with Gasteiger partial charge in [-0.05, 0) is 19.1 Å². The van der Waals surface area contributed by atoms with Gasteiger partial charge in [-0.25, -0.2) is 9.18 Å². The molecule has 31 heavy (non-hydrogen) atoms. The molecule has 0 radical (unpaired) electrons. The first-order valence-corrected chi connectivity index (χ1v) is 10.3. The van der Waals surface area contributed by atoms with Crippen LogP contribution >= 0.6 is 11.6 Å². The molecular weight excluding hydrogens is 427 g/mol. The molecule has 11 heteroatoms. The molecule has 9 nitrogen and oxygen atoms in total. The van der Waals surface area contributed by atoms with Crippen LogP contribution in [0.25, 0.3) is 11.6 Å². The second-order valence-corrected chi connectivity index (χ2v) is 7.52. The van der Waals surface area contributed by atoms with Gasteiger partial charge in [-0.3, -0.25) is 4.68 Å². The summed E-state index contributed by atoms with van der Waals surface area (Å²) in [6.07, 6.45) is 1.16. The molecule has 0 spiro atoms. The predicted molar refractivity (Wildman–Crippen MR) is 111 cm³/mol. The van der Waals surface area contributed by atoms with Gasteiger partial charge in [0.1, 0.15) is 0 Å². The number of hydrogen-bond donors (Lipinski definition) is 1. The minimum Gasteiger partial charge on any atom is -0.376 e. The van der Waals surface area contributed by atoms with E-state index < -0.39 is 11.8 Å². The zero-order chi connectivity index (χ0) is 22.0. The number of nitrogens with zero attached hydrogens (tertiary/aromatic N) is 5. The van der Waals surface area contributed by atoms with E-state index in [1.807, 2.05) is 11.6 Å². The van der Waals surface area contributed by atoms with Gasteiger partial charge in [-0.2, -0.15) is 10.1 Å². The van der Waals surface area contributed by atoms with Crippen molar-refractivity contribution in [3.8, 4) is 11.6 Å². The summed E-state index contributed by atoms with van der Waals surface area (Å²) in [5, 5.41) is 11.0. The first-order valence-electron chi connectivity index (χ1n) is 9.93. The second-order valence-electron chi connectivity index (χ2n) is 7.11. The SMILES string of the molecule is CCn1nc(-c2nc(CCN(C)C(=O)Nc3cccc(Cl)c3F)no2)c2c1CCOC2. The second kappa shape index (κ2) is 9.03. The molecule has 1 N–H and O–H groups in total. The van der Waals surface area contributed by atoms with Crippen LogP contribution in [0.3, 0.4) is 0 Å². The van der Waals surface area contributed by atoms with Crippen LogP contribution in [0.4, 0.5) is 14.9 Å². The topological polar surface area (TPSA) is 98.3 Å². The minimum absolute atomic E-state index is 0.0182. The Kier molecular flexibility index (Phi) is 6.19. The van der Waals surface area contributed by atoms with Gasteiger partial charge in [0.05, 0.1) is 23.9 Å². The number of carbonyl (C=O) groups is 1. The zero-order valence-corrected chi connectivity index (χ0v) is 17.9. The molecule has 0 saturated heterocycles. The molecular formula is C20H22ClFN6O3.